The van der Waals surface area contributed by atoms with Crippen LogP contribution in [0.25, 0.3) is 0 Å². The number of likely N-dealkylation sites (tertiary alicyclic amines) is 1. The largest absolute Gasteiger partial charge is 0.466 e. The first-order valence-corrected chi connectivity index (χ1v) is 7.05. The van der Waals surface area contributed by atoms with Crippen molar-refractivity contribution < 1.29 is 4.42 Å². The zero-order chi connectivity index (χ0) is 13.3. The number of aryl methyl sites for hydroxylation is 2. The van der Waals surface area contributed by atoms with Crippen LogP contribution in [0.15, 0.2) is 10.5 Å². The normalized spacial score (nSPS) is 22.1. The Bertz CT molecular complexity index is 389. The molecule has 2 atom stereocenters. The van der Waals surface area contributed by atoms with E-state index in [0.717, 1.165) is 24.6 Å². The molecule has 1 aliphatic heterocycles. The lowest BCUT2D eigenvalue weighted by atomic mass is 9.90. The Morgan fingerprint density at radius 2 is 1.89 bits per heavy atom. The predicted molar refractivity (Wildman–Crippen MR) is 74.5 cm³/mol. The fourth-order valence-corrected chi connectivity index (χ4v) is 3.09. The zero-order valence-corrected chi connectivity index (χ0v) is 12.1. The summed E-state index contributed by atoms with van der Waals surface area (Å²) >= 11 is 0. The van der Waals surface area contributed by atoms with Crippen LogP contribution in [-0.2, 0) is 0 Å². The second kappa shape index (κ2) is 5.45. The van der Waals surface area contributed by atoms with Gasteiger partial charge in [-0.2, -0.15) is 0 Å². The van der Waals surface area contributed by atoms with Crippen molar-refractivity contribution in [2.45, 2.75) is 52.6 Å². The van der Waals surface area contributed by atoms with E-state index in [0.29, 0.717) is 18.0 Å². The summed E-state index contributed by atoms with van der Waals surface area (Å²) < 4.78 is 5.64. The smallest absolute Gasteiger partial charge is 0.105 e. The van der Waals surface area contributed by atoms with E-state index in [1.165, 1.54) is 18.4 Å². The summed E-state index contributed by atoms with van der Waals surface area (Å²) in [4.78, 5) is 2.55. The summed E-state index contributed by atoms with van der Waals surface area (Å²) in [7, 11) is 0. The molecule has 1 aromatic heterocycles. The maximum Gasteiger partial charge on any atom is 0.105 e. The SMILES string of the molecule is Cc1cc(C(C)N2CCC(C(C)N)CC2)c(C)o1. The molecule has 0 spiro atoms. The number of hydrogen-bond donors (Lipinski definition) is 1. The monoisotopic (exact) mass is 250 g/mol. The van der Waals surface area contributed by atoms with Crippen LogP contribution < -0.4 is 5.73 Å². The molecule has 18 heavy (non-hydrogen) atoms. The highest BCUT2D eigenvalue weighted by Gasteiger charge is 2.26. The van der Waals surface area contributed by atoms with E-state index in [1.807, 2.05) is 6.92 Å². The molecule has 3 nitrogen and oxygen atoms in total. The molecule has 0 aliphatic carbocycles. The molecule has 2 N–H and O–H groups in total. The van der Waals surface area contributed by atoms with Crippen LogP contribution in [0.1, 0.15) is 49.8 Å². The van der Waals surface area contributed by atoms with Crippen LogP contribution in [0.2, 0.25) is 0 Å². The molecule has 0 radical (unpaired) electrons. The van der Waals surface area contributed by atoms with E-state index in [2.05, 4.69) is 31.7 Å². The van der Waals surface area contributed by atoms with Crippen molar-refractivity contribution in [1.82, 2.24) is 4.90 Å². The fraction of sp³-hybridized carbons (Fsp3) is 0.733. The van der Waals surface area contributed by atoms with Gasteiger partial charge in [0.05, 0.1) is 0 Å². The second-order valence-corrected chi connectivity index (χ2v) is 5.78. The van der Waals surface area contributed by atoms with Crippen LogP contribution >= 0.6 is 0 Å². The summed E-state index contributed by atoms with van der Waals surface area (Å²) in [6.45, 7) is 10.8. The zero-order valence-electron chi connectivity index (χ0n) is 12.1. The topological polar surface area (TPSA) is 42.4 Å². The minimum atomic E-state index is 0.334. The van der Waals surface area contributed by atoms with Gasteiger partial charge in [0.15, 0.2) is 0 Å². The number of hydrogen-bond acceptors (Lipinski definition) is 3. The molecule has 0 amide bonds. The minimum Gasteiger partial charge on any atom is -0.466 e. The number of rotatable bonds is 3. The minimum absolute atomic E-state index is 0.334. The lowest BCUT2D eigenvalue weighted by Gasteiger charge is -2.37. The summed E-state index contributed by atoms with van der Waals surface area (Å²) in [5.74, 6) is 2.77. The third-order valence-electron chi connectivity index (χ3n) is 4.39. The molecule has 2 heterocycles. The van der Waals surface area contributed by atoms with Gasteiger partial charge in [0, 0.05) is 17.6 Å². The molecule has 1 fully saturated rings. The fourth-order valence-electron chi connectivity index (χ4n) is 3.09. The standard InChI is InChI=1S/C15H26N2O/c1-10-9-15(13(4)18-10)12(3)17-7-5-14(6-8-17)11(2)16/h9,11-12,14H,5-8,16H2,1-4H3. The van der Waals surface area contributed by atoms with E-state index < -0.39 is 0 Å². The van der Waals surface area contributed by atoms with Gasteiger partial charge in [-0.1, -0.05) is 0 Å². The van der Waals surface area contributed by atoms with Crippen molar-refractivity contribution in [2.24, 2.45) is 11.7 Å². The van der Waals surface area contributed by atoms with Gasteiger partial charge in [-0.15, -0.1) is 0 Å². The highest BCUT2D eigenvalue weighted by molar-refractivity contribution is 5.23. The molecule has 1 aromatic rings. The van der Waals surface area contributed by atoms with Crippen LogP contribution in [-0.4, -0.2) is 24.0 Å². The van der Waals surface area contributed by atoms with Crippen LogP contribution in [0.3, 0.4) is 0 Å². The number of nitrogens with two attached hydrogens (primary N) is 1. The Hall–Kier alpha value is -0.800. The second-order valence-electron chi connectivity index (χ2n) is 5.78. The molecule has 3 heteroatoms. The summed E-state index contributed by atoms with van der Waals surface area (Å²) in [5.41, 5.74) is 7.33. The Balaban J connectivity index is 1.99. The van der Waals surface area contributed by atoms with Crippen LogP contribution in [0.4, 0.5) is 0 Å². The lowest BCUT2D eigenvalue weighted by Crippen LogP contribution is -2.40. The molecule has 102 valence electrons. The number of furan rings is 1. The molecule has 0 saturated carbocycles. The predicted octanol–water partition coefficient (Wildman–Crippen LogP) is 3.02. The van der Waals surface area contributed by atoms with Crippen molar-refractivity contribution in [3.05, 3.63) is 23.2 Å². The van der Waals surface area contributed by atoms with Crippen molar-refractivity contribution in [3.63, 3.8) is 0 Å². The Kier molecular flexibility index (Phi) is 4.13. The van der Waals surface area contributed by atoms with Gasteiger partial charge in [0.1, 0.15) is 11.5 Å². The quantitative estimate of drug-likeness (QED) is 0.896. The van der Waals surface area contributed by atoms with Gasteiger partial charge >= 0.3 is 0 Å². The molecule has 1 aliphatic rings. The first-order valence-electron chi connectivity index (χ1n) is 7.05. The van der Waals surface area contributed by atoms with Gasteiger partial charge in [-0.3, -0.25) is 4.90 Å². The number of piperidine rings is 1. The van der Waals surface area contributed by atoms with Gasteiger partial charge in [-0.05, 0) is 65.6 Å². The lowest BCUT2D eigenvalue weighted by molar-refractivity contribution is 0.132. The van der Waals surface area contributed by atoms with Crippen LogP contribution in [0.5, 0.6) is 0 Å². The van der Waals surface area contributed by atoms with E-state index >= 15 is 0 Å². The van der Waals surface area contributed by atoms with E-state index in [9.17, 15) is 0 Å². The summed E-state index contributed by atoms with van der Waals surface area (Å²) in [5, 5.41) is 0. The highest BCUT2D eigenvalue weighted by atomic mass is 16.3. The summed E-state index contributed by atoms with van der Waals surface area (Å²) in [6, 6.07) is 2.97. The van der Waals surface area contributed by atoms with Gasteiger partial charge in [0.25, 0.3) is 0 Å². The van der Waals surface area contributed by atoms with Gasteiger partial charge in [-0.25, -0.2) is 0 Å². The Morgan fingerprint density at radius 1 is 1.28 bits per heavy atom. The summed E-state index contributed by atoms with van der Waals surface area (Å²) in [6.07, 6.45) is 2.44. The van der Waals surface area contributed by atoms with Gasteiger partial charge in [0.2, 0.25) is 0 Å². The van der Waals surface area contributed by atoms with Crippen molar-refractivity contribution >= 4 is 0 Å². The third kappa shape index (κ3) is 2.78. The van der Waals surface area contributed by atoms with E-state index in [-0.39, 0.29) is 0 Å². The van der Waals surface area contributed by atoms with E-state index in [1.54, 1.807) is 0 Å². The maximum atomic E-state index is 5.99. The Morgan fingerprint density at radius 3 is 2.33 bits per heavy atom. The molecule has 0 aromatic carbocycles. The van der Waals surface area contributed by atoms with Gasteiger partial charge < -0.3 is 10.2 Å². The first-order chi connectivity index (χ1) is 8.49. The van der Waals surface area contributed by atoms with Crippen LogP contribution in [0, 0.1) is 19.8 Å². The molecule has 0 bridgehead atoms. The maximum absolute atomic E-state index is 5.99. The first kappa shape index (κ1) is 13.6. The van der Waals surface area contributed by atoms with Crippen molar-refractivity contribution in [3.8, 4) is 0 Å². The third-order valence-corrected chi connectivity index (χ3v) is 4.39. The van der Waals surface area contributed by atoms with Crippen molar-refractivity contribution in [2.75, 3.05) is 13.1 Å². The molecule has 2 rings (SSSR count). The molecule has 1 saturated heterocycles. The average Bonchev–Trinajstić information content (AvgIpc) is 2.67. The molecular weight excluding hydrogens is 224 g/mol. The van der Waals surface area contributed by atoms with Crippen molar-refractivity contribution in [1.29, 1.82) is 0 Å². The molecular formula is C15H26N2O. The number of nitrogens with zero attached hydrogens (tertiary/aromatic N) is 1. The highest BCUT2D eigenvalue weighted by Crippen LogP contribution is 2.30. The Labute approximate surface area is 110 Å². The average molecular weight is 250 g/mol. The molecule has 2 unspecified atom stereocenters. The van der Waals surface area contributed by atoms with E-state index in [4.69, 9.17) is 10.2 Å².